The van der Waals surface area contributed by atoms with Crippen molar-refractivity contribution in [3.05, 3.63) is 47.7 Å². The van der Waals surface area contributed by atoms with Crippen LogP contribution in [0.5, 0.6) is 17.4 Å². The molecule has 0 radical (unpaired) electrons. The molecule has 0 atom stereocenters. The van der Waals surface area contributed by atoms with E-state index in [1.54, 1.807) is 30.3 Å². The van der Waals surface area contributed by atoms with Crippen molar-refractivity contribution >= 4 is 5.97 Å². The second-order valence-electron chi connectivity index (χ2n) is 3.94. The van der Waals surface area contributed by atoms with Gasteiger partial charge in [0, 0.05) is 12.3 Å². The highest BCUT2D eigenvalue weighted by molar-refractivity contribution is 5.91. The standard InChI is InChI=1S/C14H13NO4/c1-9-3-4-12(11(7-9)14(16)17)19-10-5-6-15-13(8-10)18-2/h3-8H,1-2H3,(H,16,17). The summed E-state index contributed by atoms with van der Waals surface area (Å²) in [4.78, 5) is 15.1. The van der Waals surface area contributed by atoms with Crippen LogP contribution in [0, 0.1) is 6.92 Å². The molecule has 0 aliphatic carbocycles. The molecular formula is C14H13NO4. The van der Waals surface area contributed by atoms with Crippen molar-refractivity contribution in [1.29, 1.82) is 0 Å². The number of carboxylic acids is 1. The minimum absolute atomic E-state index is 0.121. The number of nitrogens with zero attached hydrogens (tertiary/aromatic N) is 1. The molecule has 0 unspecified atom stereocenters. The highest BCUT2D eigenvalue weighted by Gasteiger charge is 2.12. The number of carbonyl (C=O) groups is 1. The van der Waals surface area contributed by atoms with Gasteiger partial charge in [-0.25, -0.2) is 9.78 Å². The van der Waals surface area contributed by atoms with E-state index in [0.29, 0.717) is 11.6 Å². The normalized spacial score (nSPS) is 10.0. The Morgan fingerprint density at radius 2 is 2.05 bits per heavy atom. The smallest absolute Gasteiger partial charge is 0.339 e. The van der Waals surface area contributed by atoms with Gasteiger partial charge in [0.2, 0.25) is 5.88 Å². The van der Waals surface area contributed by atoms with E-state index in [1.165, 1.54) is 13.3 Å². The molecule has 1 N–H and O–H groups in total. The van der Waals surface area contributed by atoms with E-state index >= 15 is 0 Å². The van der Waals surface area contributed by atoms with Gasteiger partial charge in [0.15, 0.2) is 0 Å². The van der Waals surface area contributed by atoms with Crippen molar-refractivity contribution in [2.45, 2.75) is 6.92 Å². The number of aromatic nitrogens is 1. The Morgan fingerprint density at radius 1 is 1.26 bits per heavy atom. The number of methoxy groups -OCH3 is 1. The lowest BCUT2D eigenvalue weighted by molar-refractivity contribution is 0.0694. The highest BCUT2D eigenvalue weighted by Crippen LogP contribution is 2.27. The first-order valence-electron chi connectivity index (χ1n) is 5.62. The third-order valence-corrected chi connectivity index (χ3v) is 2.51. The van der Waals surface area contributed by atoms with Crippen molar-refractivity contribution in [3.63, 3.8) is 0 Å². The number of pyridine rings is 1. The Balaban J connectivity index is 2.34. The van der Waals surface area contributed by atoms with Crippen molar-refractivity contribution in [3.8, 4) is 17.4 Å². The number of hydrogen-bond donors (Lipinski definition) is 1. The predicted octanol–water partition coefficient (Wildman–Crippen LogP) is 2.89. The average molecular weight is 259 g/mol. The Morgan fingerprint density at radius 3 is 2.74 bits per heavy atom. The number of hydrogen-bond acceptors (Lipinski definition) is 4. The lowest BCUT2D eigenvalue weighted by atomic mass is 10.1. The molecule has 1 aromatic carbocycles. The van der Waals surface area contributed by atoms with Gasteiger partial charge in [-0.15, -0.1) is 0 Å². The molecule has 0 bridgehead atoms. The monoisotopic (exact) mass is 259 g/mol. The lowest BCUT2D eigenvalue weighted by Gasteiger charge is -2.10. The van der Waals surface area contributed by atoms with Crippen molar-refractivity contribution in [2.75, 3.05) is 7.11 Å². The number of ether oxygens (including phenoxy) is 2. The summed E-state index contributed by atoms with van der Waals surface area (Å²) < 4.78 is 10.5. The van der Waals surface area contributed by atoms with Crippen LogP contribution in [-0.4, -0.2) is 23.2 Å². The van der Waals surface area contributed by atoms with E-state index in [0.717, 1.165) is 5.56 Å². The zero-order valence-electron chi connectivity index (χ0n) is 10.6. The number of carboxylic acid groups (broad SMARTS) is 1. The second kappa shape index (κ2) is 5.39. The largest absolute Gasteiger partial charge is 0.481 e. The molecule has 0 amide bonds. The van der Waals surface area contributed by atoms with Crippen molar-refractivity contribution in [1.82, 2.24) is 4.98 Å². The summed E-state index contributed by atoms with van der Waals surface area (Å²) in [6.45, 7) is 1.83. The average Bonchev–Trinajstić information content (AvgIpc) is 2.41. The minimum Gasteiger partial charge on any atom is -0.481 e. The van der Waals surface area contributed by atoms with E-state index in [1.807, 2.05) is 6.92 Å². The molecule has 98 valence electrons. The molecule has 5 heteroatoms. The molecule has 5 nitrogen and oxygen atoms in total. The van der Waals surface area contributed by atoms with E-state index < -0.39 is 5.97 Å². The highest BCUT2D eigenvalue weighted by atomic mass is 16.5. The van der Waals surface area contributed by atoms with Gasteiger partial charge in [-0.1, -0.05) is 11.6 Å². The summed E-state index contributed by atoms with van der Waals surface area (Å²) in [6, 6.07) is 8.21. The Labute approximate surface area is 110 Å². The summed E-state index contributed by atoms with van der Waals surface area (Å²) in [5, 5.41) is 9.15. The van der Waals surface area contributed by atoms with Crippen LogP contribution in [0.4, 0.5) is 0 Å². The second-order valence-corrected chi connectivity index (χ2v) is 3.94. The minimum atomic E-state index is -1.03. The van der Waals surface area contributed by atoms with Crippen LogP contribution in [0.2, 0.25) is 0 Å². The van der Waals surface area contributed by atoms with Crippen LogP contribution < -0.4 is 9.47 Å². The molecular weight excluding hydrogens is 246 g/mol. The van der Waals surface area contributed by atoms with Gasteiger partial charge in [-0.05, 0) is 25.1 Å². The third kappa shape index (κ3) is 3.01. The van der Waals surface area contributed by atoms with Crippen LogP contribution in [-0.2, 0) is 0 Å². The van der Waals surface area contributed by atoms with Crippen LogP contribution in [0.1, 0.15) is 15.9 Å². The fourth-order valence-electron chi connectivity index (χ4n) is 1.59. The Kier molecular flexibility index (Phi) is 3.66. The number of aromatic carboxylic acids is 1. The van der Waals surface area contributed by atoms with Gasteiger partial charge in [0.05, 0.1) is 7.11 Å². The van der Waals surface area contributed by atoms with Gasteiger partial charge in [0.1, 0.15) is 17.1 Å². The van der Waals surface area contributed by atoms with Crippen LogP contribution in [0.25, 0.3) is 0 Å². The molecule has 0 spiro atoms. The molecule has 2 aromatic rings. The summed E-state index contributed by atoms with van der Waals surface area (Å²) >= 11 is 0. The first-order valence-corrected chi connectivity index (χ1v) is 5.62. The number of rotatable bonds is 4. The summed E-state index contributed by atoms with van der Waals surface area (Å²) in [6.07, 6.45) is 1.53. The summed E-state index contributed by atoms with van der Waals surface area (Å²) in [5.41, 5.74) is 0.979. The zero-order chi connectivity index (χ0) is 13.8. The predicted molar refractivity (Wildman–Crippen MR) is 69.0 cm³/mol. The summed E-state index contributed by atoms with van der Waals surface area (Å²) in [5.74, 6) is 0.130. The number of benzene rings is 1. The third-order valence-electron chi connectivity index (χ3n) is 2.51. The van der Waals surface area contributed by atoms with E-state index in [-0.39, 0.29) is 11.3 Å². The van der Waals surface area contributed by atoms with Gasteiger partial charge in [0.25, 0.3) is 0 Å². The van der Waals surface area contributed by atoms with E-state index in [2.05, 4.69) is 4.98 Å². The molecule has 1 heterocycles. The SMILES string of the molecule is COc1cc(Oc2ccc(C)cc2C(=O)O)ccn1. The molecule has 0 aliphatic rings. The fourth-order valence-corrected chi connectivity index (χ4v) is 1.59. The van der Waals surface area contributed by atoms with Crippen LogP contribution >= 0.6 is 0 Å². The number of aryl methyl sites for hydroxylation is 1. The molecule has 19 heavy (non-hydrogen) atoms. The molecule has 0 saturated heterocycles. The maximum Gasteiger partial charge on any atom is 0.339 e. The van der Waals surface area contributed by atoms with E-state index in [4.69, 9.17) is 14.6 Å². The van der Waals surface area contributed by atoms with Crippen LogP contribution in [0.15, 0.2) is 36.5 Å². The molecule has 2 rings (SSSR count). The molecule has 0 fully saturated rings. The van der Waals surface area contributed by atoms with Crippen molar-refractivity contribution < 1.29 is 19.4 Å². The van der Waals surface area contributed by atoms with Gasteiger partial charge < -0.3 is 14.6 Å². The topological polar surface area (TPSA) is 68.7 Å². The maximum atomic E-state index is 11.2. The first-order chi connectivity index (χ1) is 9.10. The first kappa shape index (κ1) is 12.9. The molecule has 1 aromatic heterocycles. The quantitative estimate of drug-likeness (QED) is 0.914. The van der Waals surface area contributed by atoms with Crippen molar-refractivity contribution in [2.24, 2.45) is 0 Å². The Hall–Kier alpha value is -2.56. The van der Waals surface area contributed by atoms with Crippen LogP contribution in [0.3, 0.4) is 0 Å². The lowest BCUT2D eigenvalue weighted by Crippen LogP contribution is -2.00. The zero-order valence-corrected chi connectivity index (χ0v) is 10.6. The Bertz CT molecular complexity index is 610. The maximum absolute atomic E-state index is 11.2. The van der Waals surface area contributed by atoms with Gasteiger partial charge in [-0.3, -0.25) is 0 Å². The van der Waals surface area contributed by atoms with Gasteiger partial charge >= 0.3 is 5.97 Å². The van der Waals surface area contributed by atoms with E-state index in [9.17, 15) is 4.79 Å². The molecule has 0 saturated carbocycles. The summed E-state index contributed by atoms with van der Waals surface area (Å²) in [7, 11) is 1.50. The fraction of sp³-hybridized carbons (Fsp3) is 0.143. The van der Waals surface area contributed by atoms with Gasteiger partial charge in [-0.2, -0.15) is 0 Å². The molecule has 0 aliphatic heterocycles.